The third kappa shape index (κ3) is 11.1. The van der Waals surface area contributed by atoms with Gasteiger partial charge in [-0.15, -0.1) is 24.0 Å². The van der Waals surface area contributed by atoms with E-state index in [-0.39, 0.29) is 36.4 Å². The molecular weight excluding hydrogens is 447 g/mol. The summed E-state index contributed by atoms with van der Waals surface area (Å²) in [5, 5.41) is 9.03. The van der Waals surface area contributed by atoms with E-state index in [1.165, 1.54) is 0 Å². The molecule has 0 heterocycles. The lowest BCUT2D eigenvalue weighted by Crippen LogP contribution is -2.43. The van der Waals surface area contributed by atoms with E-state index in [0.29, 0.717) is 32.3 Å². The van der Waals surface area contributed by atoms with Gasteiger partial charge in [0.25, 0.3) is 0 Å². The minimum absolute atomic E-state index is 0. The minimum Gasteiger partial charge on any atom is -0.497 e. The molecule has 8 heteroatoms. The summed E-state index contributed by atoms with van der Waals surface area (Å²) < 4.78 is 10.5. The van der Waals surface area contributed by atoms with E-state index in [1.807, 2.05) is 38.1 Å². The van der Waals surface area contributed by atoms with E-state index in [4.69, 9.17) is 9.47 Å². The van der Waals surface area contributed by atoms with Crippen LogP contribution in [0.15, 0.2) is 29.3 Å². The first kappa shape index (κ1) is 24.5. The minimum atomic E-state index is -0.0595. The Kier molecular flexibility index (Phi) is 14.8. The van der Waals surface area contributed by atoms with Crippen molar-refractivity contribution in [2.75, 3.05) is 40.0 Å². The average Bonchev–Trinajstić information content (AvgIpc) is 2.63. The predicted molar refractivity (Wildman–Crippen MR) is 115 cm³/mol. The lowest BCUT2D eigenvalue weighted by atomic mass is 10.2. The molecule has 0 aliphatic rings. The van der Waals surface area contributed by atoms with Crippen molar-refractivity contribution in [1.82, 2.24) is 16.0 Å². The van der Waals surface area contributed by atoms with E-state index >= 15 is 0 Å². The van der Waals surface area contributed by atoms with Gasteiger partial charge in [0, 0.05) is 26.3 Å². The molecule has 0 radical (unpaired) electrons. The number of nitrogens with zero attached hydrogens (tertiary/aromatic N) is 1. The third-order valence-corrected chi connectivity index (χ3v) is 3.33. The molecule has 0 aromatic heterocycles. The lowest BCUT2D eigenvalue weighted by molar-refractivity contribution is -0.119. The maximum atomic E-state index is 11.6. The van der Waals surface area contributed by atoms with Gasteiger partial charge in [-0.25, -0.2) is 4.99 Å². The molecule has 0 aliphatic heterocycles. The number of carbonyl (C=O) groups is 1. The summed E-state index contributed by atoms with van der Waals surface area (Å²) in [7, 11) is 1.64. The van der Waals surface area contributed by atoms with Crippen LogP contribution >= 0.6 is 24.0 Å². The number of carbonyl (C=O) groups excluding carboxylic acids is 1. The van der Waals surface area contributed by atoms with Crippen LogP contribution in [-0.2, 0) is 16.1 Å². The highest BCUT2D eigenvalue weighted by molar-refractivity contribution is 14.0. The highest BCUT2D eigenvalue weighted by atomic mass is 127. The second kappa shape index (κ2) is 15.7. The summed E-state index contributed by atoms with van der Waals surface area (Å²) in [6.07, 6.45) is 0.873. The number of ether oxygens (including phenoxy) is 2. The van der Waals surface area contributed by atoms with E-state index < -0.39 is 0 Å². The SMILES string of the molecule is CCNC(=O)CNC(=NCc1ccc(OC)cc1)NCCCOCC.I. The highest BCUT2D eigenvalue weighted by Gasteiger charge is 2.03. The van der Waals surface area contributed by atoms with Gasteiger partial charge >= 0.3 is 0 Å². The highest BCUT2D eigenvalue weighted by Crippen LogP contribution is 2.11. The van der Waals surface area contributed by atoms with Gasteiger partial charge in [0.2, 0.25) is 5.91 Å². The van der Waals surface area contributed by atoms with Gasteiger partial charge in [-0.3, -0.25) is 4.79 Å². The maximum absolute atomic E-state index is 11.6. The van der Waals surface area contributed by atoms with E-state index in [9.17, 15) is 4.79 Å². The Bertz CT molecular complexity index is 524. The molecule has 0 atom stereocenters. The molecule has 0 bridgehead atoms. The van der Waals surface area contributed by atoms with Crippen molar-refractivity contribution in [3.05, 3.63) is 29.8 Å². The number of methoxy groups -OCH3 is 1. The molecule has 1 amide bonds. The van der Waals surface area contributed by atoms with Crippen molar-refractivity contribution in [2.24, 2.45) is 4.99 Å². The number of nitrogens with one attached hydrogen (secondary N) is 3. The van der Waals surface area contributed by atoms with Gasteiger partial charge in [0.15, 0.2) is 5.96 Å². The van der Waals surface area contributed by atoms with Gasteiger partial charge in [-0.1, -0.05) is 12.1 Å². The number of hydrogen-bond acceptors (Lipinski definition) is 4. The first-order chi connectivity index (χ1) is 12.2. The van der Waals surface area contributed by atoms with Gasteiger partial charge in [-0.2, -0.15) is 0 Å². The van der Waals surface area contributed by atoms with Crippen LogP contribution in [0.5, 0.6) is 5.75 Å². The number of amides is 1. The molecule has 1 aromatic carbocycles. The van der Waals surface area contributed by atoms with Crippen LogP contribution in [0.4, 0.5) is 0 Å². The fraction of sp³-hybridized carbons (Fsp3) is 0.556. The largest absolute Gasteiger partial charge is 0.497 e. The zero-order valence-electron chi connectivity index (χ0n) is 15.8. The van der Waals surface area contributed by atoms with Crippen LogP contribution in [-0.4, -0.2) is 51.8 Å². The topological polar surface area (TPSA) is 84.0 Å². The summed E-state index contributed by atoms with van der Waals surface area (Å²) in [5.74, 6) is 1.37. The molecule has 0 saturated heterocycles. The van der Waals surface area contributed by atoms with E-state index in [1.54, 1.807) is 7.11 Å². The van der Waals surface area contributed by atoms with Gasteiger partial charge < -0.3 is 25.4 Å². The molecule has 0 unspecified atom stereocenters. The quantitative estimate of drug-likeness (QED) is 0.196. The molecule has 7 nitrogen and oxygen atoms in total. The van der Waals surface area contributed by atoms with Gasteiger partial charge in [-0.05, 0) is 38.0 Å². The number of likely N-dealkylation sites (N-methyl/N-ethyl adjacent to an activating group) is 1. The first-order valence-electron chi connectivity index (χ1n) is 8.69. The molecule has 0 saturated carbocycles. The standard InChI is InChI=1S/C18H30N4O3.HI/c1-4-19-17(23)14-22-18(20-11-6-12-25-5-2)21-13-15-7-9-16(24-3)10-8-15;/h7-10H,4-6,11-14H2,1-3H3,(H,19,23)(H2,20,21,22);1H. The number of benzene rings is 1. The van der Waals surface area contributed by atoms with Crippen LogP contribution in [0.2, 0.25) is 0 Å². The molecule has 26 heavy (non-hydrogen) atoms. The predicted octanol–water partition coefficient (Wildman–Crippen LogP) is 1.91. The molecule has 1 rings (SSSR count). The Morgan fingerprint density at radius 2 is 1.85 bits per heavy atom. The van der Waals surface area contributed by atoms with Gasteiger partial charge in [0.05, 0.1) is 20.2 Å². The number of hydrogen-bond donors (Lipinski definition) is 3. The Morgan fingerprint density at radius 3 is 2.46 bits per heavy atom. The number of rotatable bonds is 11. The molecule has 0 spiro atoms. The molecule has 0 fully saturated rings. The molecule has 3 N–H and O–H groups in total. The normalized spacial score (nSPS) is 10.7. The number of halogens is 1. The number of aliphatic imine (C=N–C) groups is 1. The van der Waals surface area contributed by atoms with Crippen LogP contribution in [0.3, 0.4) is 0 Å². The average molecular weight is 478 g/mol. The smallest absolute Gasteiger partial charge is 0.239 e. The van der Waals surface area contributed by atoms with Crippen molar-refractivity contribution in [2.45, 2.75) is 26.8 Å². The monoisotopic (exact) mass is 478 g/mol. The van der Waals surface area contributed by atoms with E-state index in [2.05, 4.69) is 20.9 Å². The van der Waals surface area contributed by atoms with Crippen molar-refractivity contribution in [3.63, 3.8) is 0 Å². The van der Waals surface area contributed by atoms with E-state index in [0.717, 1.165) is 24.3 Å². The Labute approximate surface area is 173 Å². The molecular formula is C18H31IN4O3. The van der Waals surface area contributed by atoms with Crippen LogP contribution in [0.1, 0.15) is 25.8 Å². The van der Waals surface area contributed by atoms with Crippen molar-refractivity contribution in [1.29, 1.82) is 0 Å². The Hall–Kier alpha value is -1.55. The Balaban J connectivity index is 0.00000625. The van der Waals surface area contributed by atoms with Crippen LogP contribution in [0.25, 0.3) is 0 Å². The second-order valence-corrected chi connectivity index (χ2v) is 5.30. The maximum Gasteiger partial charge on any atom is 0.239 e. The zero-order chi connectivity index (χ0) is 18.3. The molecule has 0 aliphatic carbocycles. The summed E-state index contributed by atoms with van der Waals surface area (Å²) in [6.45, 7) is 7.32. The summed E-state index contributed by atoms with van der Waals surface area (Å²) >= 11 is 0. The second-order valence-electron chi connectivity index (χ2n) is 5.30. The first-order valence-corrected chi connectivity index (χ1v) is 8.69. The van der Waals surface area contributed by atoms with Crippen molar-refractivity contribution in [3.8, 4) is 5.75 Å². The third-order valence-electron chi connectivity index (χ3n) is 3.33. The summed E-state index contributed by atoms with van der Waals surface area (Å²) in [6, 6.07) is 7.75. The Morgan fingerprint density at radius 1 is 1.12 bits per heavy atom. The molecule has 1 aromatic rings. The van der Waals surface area contributed by atoms with Gasteiger partial charge in [0.1, 0.15) is 5.75 Å². The zero-order valence-corrected chi connectivity index (χ0v) is 18.2. The number of guanidine groups is 1. The summed E-state index contributed by atoms with van der Waals surface area (Å²) in [5.41, 5.74) is 1.06. The summed E-state index contributed by atoms with van der Waals surface area (Å²) in [4.78, 5) is 16.1. The fourth-order valence-electron chi connectivity index (χ4n) is 2.02. The van der Waals surface area contributed by atoms with Crippen LogP contribution < -0.4 is 20.7 Å². The fourth-order valence-corrected chi connectivity index (χ4v) is 2.02. The van der Waals surface area contributed by atoms with Crippen molar-refractivity contribution < 1.29 is 14.3 Å². The lowest BCUT2D eigenvalue weighted by Gasteiger charge is -2.12. The molecule has 148 valence electrons. The van der Waals surface area contributed by atoms with Crippen LogP contribution in [0, 0.1) is 0 Å². The van der Waals surface area contributed by atoms with Crippen molar-refractivity contribution >= 4 is 35.8 Å².